The van der Waals surface area contributed by atoms with Crippen LogP contribution in [-0.2, 0) is 9.84 Å². The Balaban J connectivity index is 2.15. The quantitative estimate of drug-likeness (QED) is 0.702. The van der Waals surface area contributed by atoms with E-state index in [1.54, 1.807) is 41.1 Å². The van der Waals surface area contributed by atoms with Crippen molar-refractivity contribution in [3.05, 3.63) is 64.8 Å². The molecular weight excluding hydrogens is 358 g/mol. The number of benzene rings is 2. The zero-order valence-electron chi connectivity index (χ0n) is 13.6. The number of nitriles is 1. The second-order valence-corrected chi connectivity index (χ2v) is 8.09. The van der Waals surface area contributed by atoms with Crippen molar-refractivity contribution in [2.45, 2.75) is 11.8 Å². The van der Waals surface area contributed by atoms with Crippen LogP contribution in [0.15, 0.2) is 53.4 Å². The van der Waals surface area contributed by atoms with Gasteiger partial charge < -0.3 is 0 Å². The molecule has 0 aliphatic heterocycles. The topological polar surface area (TPSA) is 75.8 Å². The zero-order chi connectivity index (χ0) is 18.2. The fourth-order valence-electron chi connectivity index (χ4n) is 2.47. The average molecular weight is 372 g/mol. The van der Waals surface area contributed by atoms with E-state index in [-0.39, 0.29) is 10.6 Å². The molecule has 3 aromatic rings. The number of sulfone groups is 1. The van der Waals surface area contributed by atoms with Crippen molar-refractivity contribution in [1.82, 2.24) is 9.78 Å². The minimum Gasteiger partial charge on any atom is -0.232 e. The fraction of sp³-hybridized carbons (Fsp3) is 0.111. The van der Waals surface area contributed by atoms with Crippen LogP contribution in [0, 0.1) is 18.3 Å². The van der Waals surface area contributed by atoms with Crippen LogP contribution in [-0.4, -0.2) is 24.5 Å². The second-order valence-electron chi connectivity index (χ2n) is 5.67. The Bertz CT molecular complexity index is 1090. The molecular formula is C18H14ClN3O2S. The number of rotatable bonds is 3. The second kappa shape index (κ2) is 6.36. The van der Waals surface area contributed by atoms with E-state index in [2.05, 4.69) is 5.10 Å². The smallest absolute Gasteiger partial charge is 0.175 e. The maximum atomic E-state index is 11.6. The van der Waals surface area contributed by atoms with E-state index in [9.17, 15) is 13.7 Å². The summed E-state index contributed by atoms with van der Waals surface area (Å²) in [6.07, 6.45) is 1.16. The molecule has 2 aromatic carbocycles. The van der Waals surface area contributed by atoms with Gasteiger partial charge in [-0.15, -0.1) is 0 Å². The van der Waals surface area contributed by atoms with Crippen LogP contribution in [0.25, 0.3) is 16.9 Å². The standard InChI is InChI=1S/C18H14ClN3O2S/c1-12-9-15(5-8-17(12)19)22-18(10-14(11-20)21-22)13-3-6-16(7-4-13)25(2,23)24/h3-10H,1-2H3. The minimum absolute atomic E-state index is 0.241. The van der Waals surface area contributed by atoms with Crippen LogP contribution >= 0.6 is 11.6 Å². The van der Waals surface area contributed by atoms with Gasteiger partial charge in [-0.25, -0.2) is 13.1 Å². The van der Waals surface area contributed by atoms with Crippen LogP contribution < -0.4 is 0 Å². The molecule has 1 heterocycles. The summed E-state index contributed by atoms with van der Waals surface area (Å²) in [6, 6.07) is 15.7. The number of aryl methyl sites for hydroxylation is 1. The molecule has 0 amide bonds. The van der Waals surface area contributed by atoms with Gasteiger partial charge in [0.1, 0.15) is 6.07 Å². The Morgan fingerprint density at radius 1 is 1.12 bits per heavy atom. The first kappa shape index (κ1) is 17.2. The van der Waals surface area contributed by atoms with Crippen LogP contribution in [0.2, 0.25) is 5.02 Å². The first-order valence-electron chi connectivity index (χ1n) is 7.37. The summed E-state index contributed by atoms with van der Waals surface area (Å²) in [5, 5.41) is 14.2. The fourth-order valence-corrected chi connectivity index (χ4v) is 3.22. The normalized spacial score (nSPS) is 11.3. The van der Waals surface area contributed by atoms with E-state index in [4.69, 9.17) is 11.6 Å². The first-order valence-corrected chi connectivity index (χ1v) is 9.64. The summed E-state index contributed by atoms with van der Waals surface area (Å²) in [5.41, 5.74) is 3.39. The minimum atomic E-state index is -3.26. The number of halogens is 1. The van der Waals surface area contributed by atoms with E-state index in [1.807, 2.05) is 25.1 Å². The van der Waals surface area contributed by atoms with Gasteiger partial charge >= 0.3 is 0 Å². The van der Waals surface area contributed by atoms with Crippen molar-refractivity contribution in [2.75, 3.05) is 6.26 Å². The van der Waals surface area contributed by atoms with Gasteiger partial charge in [0.15, 0.2) is 15.5 Å². The molecule has 0 aliphatic carbocycles. The third-order valence-electron chi connectivity index (χ3n) is 3.79. The molecule has 0 aliphatic rings. The molecule has 7 heteroatoms. The van der Waals surface area contributed by atoms with Crippen molar-refractivity contribution in [3.63, 3.8) is 0 Å². The molecule has 25 heavy (non-hydrogen) atoms. The Hall–Kier alpha value is -2.62. The van der Waals surface area contributed by atoms with E-state index < -0.39 is 9.84 Å². The average Bonchev–Trinajstić information content (AvgIpc) is 3.01. The zero-order valence-corrected chi connectivity index (χ0v) is 15.1. The van der Waals surface area contributed by atoms with Crippen molar-refractivity contribution in [1.29, 1.82) is 5.26 Å². The Morgan fingerprint density at radius 3 is 2.36 bits per heavy atom. The molecule has 0 fully saturated rings. The molecule has 0 bridgehead atoms. The molecule has 0 saturated carbocycles. The van der Waals surface area contributed by atoms with Crippen molar-refractivity contribution in [2.24, 2.45) is 0 Å². The molecule has 1 aromatic heterocycles. The van der Waals surface area contributed by atoms with Gasteiger partial charge in [0.25, 0.3) is 0 Å². The predicted octanol–water partition coefficient (Wildman–Crippen LogP) is 3.78. The van der Waals surface area contributed by atoms with Crippen molar-refractivity contribution in [3.8, 4) is 23.0 Å². The van der Waals surface area contributed by atoms with Gasteiger partial charge in [-0.3, -0.25) is 0 Å². The molecule has 5 nitrogen and oxygen atoms in total. The van der Waals surface area contributed by atoms with E-state index in [1.165, 1.54) is 0 Å². The van der Waals surface area contributed by atoms with E-state index in [0.717, 1.165) is 23.1 Å². The summed E-state index contributed by atoms with van der Waals surface area (Å²) in [4.78, 5) is 0.241. The third kappa shape index (κ3) is 3.43. The van der Waals surface area contributed by atoms with Gasteiger partial charge in [0, 0.05) is 22.9 Å². The van der Waals surface area contributed by atoms with E-state index in [0.29, 0.717) is 10.7 Å². The number of aromatic nitrogens is 2. The van der Waals surface area contributed by atoms with Crippen molar-refractivity contribution >= 4 is 21.4 Å². The van der Waals surface area contributed by atoms with Gasteiger partial charge in [0.05, 0.1) is 16.3 Å². The highest BCUT2D eigenvalue weighted by atomic mass is 35.5. The summed E-state index contributed by atoms with van der Waals surface area (Å²) < 4.78 is 24.9. The van der Waals surface area contributed by atoms with Gasteiger partial charge in [-0.1, -0.05) is 23.7 Å². The SMILES string of the molecule is Cc1cc(-n2nc(C#N)cc2-c2ccc(S(C)(=O)=O)cc2)ccc1Cl. The van der Waals surface area contributed by atoms with Crippen LogP contribution in [0.1, 0.15) is 11.3 Å². The lowest BCUT2D eigenvalue weighted by molar-refractivity contribution is 0.602. The number of nitrogens with zero attached hydrogens (tertiary/aromatic N) is 3. The molecule has 0 atom stereocenters. The Labute approximate surface area is 151 Å². The third-order valence-corrected chi connectivity index (χ3v) is 5.34. The van der Waals surface area contributed by atoms with Gasteiger partial charge in [0.2, 0.25) is 0 Å². The number of hydrogen-bond donors (Lipinski definition) is 0. The molecule has 126 valence electrons. The first-order chi connectivity index (χ1) is 11.8. The summed E-state index contributed by atoms with van der Waals surface area (Å²) >= 11 is 6.08. The molecule has 0 saturated heterocycles. The highest BCUT2D eigenvalue weighted by molar-refractivity contribution is 7.90. The van der Waals surface area contributed by atoms with Crippen molar-refractivity contribution < 1.29 is 8.42 Å². The highest BCUT2D eigenvalue weighted by Gasteiger charge is 2.14. The van der Waals surface area contributed by atoms with Gasteiger partial charge in [-0.05, 0) is 42.8 Å². The van der Waals surface area contributed by atoms with Gasteiger partial charge in [-0.2, -0.15) is 10.4 Å². The summed E-state index contributed by atoms with van der Waals surface area (Å²) in [7, 11) is -3.26. The highest BCUT2D eigenvalue weighted by Crippen LogP contribution is 2.27. The Kier molecular flexibility index (Phi) is 4.38. The van der Waals surface area contributed by atoms with Crippen LogP contribution in [0.3, 0.4) is 0 Å². The predicted molar refractivity (Wildman–Crippen MR) is 96.6 cm³/mol. The summed E-state index contributed by atoms with van der Waals surface area (Å²) in [6.45, 7) is 1.89. The largest absolute Gasteiger partial charge is 0.232 e. The lowest BCUT2D eigenvalue weighted by Gasteiger charge is -2.09. The van der Waals surface area contributed by atoms with E-state index >= 15 is 0 Å². The van der Waals surface area contributed by atoms with Crippen LogP contribution in [0.4, 0.5) is 0 Å². The summed E-state index contributed by atoms with van der Waals surface area (Å²) in [5.74, 6) is 0. The molecule has 0 N–H and O–H groups in total. The molecule has 0 spiro atoms. The monoisotopic (exact) mass is 371 g/mol. The lowest BCUT2D eigenvalue weighted by atomic mass is 10.1. The Morgan fingerprint density at radius 2 is 1.80 bits per heavy atom. The maximum absolute atomic E-state index is 11.6. The lowest BCUT2D eigenvalue weighted by Crippen LogP contribution is -2.01. The molecule has 3 rings (SSSR count). The molecule has 0 radical (unpaired) electrons. The maximum Gasteiger partial charge on any atom is 0.175 e. The molecule has 0 unspecified atom stereocenters. The number of hydrogen-bond acceptors (Lipinski definition) is 4. The van der Waals surface area contributed by atoms with Crippen LogP contribution in [0.5, 0.6) is 0 Å².